The van der Waals surface area contributed by atoms with E-state index in [4.69, 9.17) is 23.2 Å². The maximum atomic E-state index is 12.5. The smallest absolute Gasteiger partial charge is 0.252 e. The maximum Gasteiger partial charge on any atom is 0.252 e. The summed E-state index contributed by atoms with van der Waals surface area (Å²) in [6.45, 7) is 0.509. The molecule has 1 saturated carbocycles. The second-order valence-electron chi connectivity index (χ2n) is 7.07. The van der Waals surface area contributed by atoms with Crippen LogP contribution in [0.15, 0.2) is 41.3 Å². The van der Waals surface area contributed by atoms with Crippen LogP contribution >= 0.6 is 23.2 Å². The number of hydrogen-bond acceptors (Lipinski definition) is 5. The van der Waals surface area contributed by atoms with Crippen LogP contribution in [0.25, 0.3) is 0 Å². The van der Waals surface area contributed by atoms with E-state index in [0.29, 0.717) is 12.0 Å². The number of amides is 2. The number of sulfonamides is 1. The van der Waals surface area contributed by atoms with Crippen molar-refractivity contribution in [3.8, 4) is 5.75 Å². The summed E-state index contributed by atoms with van der Waals surface area (Å²) in [5.74, 6) is -0.904. The fraction of sp³-hybridized carbons (Fsp3) is 0.300. The average molecular weight is 486 g/mol. The standard InChI is InChI=1S/C20H21Cl2N3O5S/c21-16-11-17(22)18(31(29,30)25-13-5-6-13)10-15(16)20(28)24-8-2-7-23-19(27)12-3-1-4-14(26)9-12/h1,3-4,9-11,13,25-26H,2,5-8H2,(H,23,27)(H,24,28). The normalized spacial score (nSPS) is 13.6. The van der Waals surface area contributed by atoms with E-state index >= 15 is 0 Å². The van der Waals surface area contributed by atoms with Gasteiger partial charge in [-0.2, -0.15) is 0 Å². The van der Waals surface area contributed by atoms with Gasteiger partial charge in [0.05, 0.1) is 15.6 Å². The molecule has 11 heteroatoms. The van der Waals surface area contributed by atoms with Gasteiger partial charge in [-0.1, -0.05) is 29.3 Å². The minimum atomic E-state index is -3.85. The third kappa shape index (κ3) is 6.33. The van der Waals surface area contributed by atoms with Crippen molar-refractivity contribution in [3.63, 3.8) is 0 Å². The molecule has 2 aromatic rings. The third-order valence-electron chi connectivity index (χ3n) is 4.49. The number of aromatic hydroxyl groups is 1. The number of phenols is 1. The molecule has 0 bridgehead atoms. The first-order valence-corrected chi connectivity index (χ1v) is 11.8. The Morgan fingerprint density at radius 3 is 2.32 bits per heavy atom. The zero-order chi connectivity index (χ0) is 22.6. The maximum absolute atomic E-state index is 12.5. The number of rotatable bonds is 9. The summed E-state index contributed by atoms with van der Waals surface area (Å²) < 4.78 is 27.4. The lowest BCUT2D eigenvalue weighted by atomic mass is 10.2. The van der Waals surface area contributed by atoms with Gasteiger partial charge in [0.25, 0.3) is 11.8 Å². The molecule has 2 aromatic carbocycles. The molecule has 0 heterocycles. The van der Waals surface area contributed by atoms with E-state index in [1.807, 2.05) is 0 Å². The first-order chi connectivity index (χ1) is 14.7. The zero-order valence-electron chi connectivity index (χ0n) is 16.3. The molecule has 0 aliphatic heterocycles. The largest absolute Gasteiger partial charge is 0.508 e. The third-order valence-corrected chi connectivity index (χ3v) is 6.79. The number of hydrogen-bond donors (Lipinski definition) is 4. The highest BCUT2D eigenvalue weighted by Crippen LogP contribution is 2.30. The number of nitrogens with one attached hydrogen (secondary N) is 3. The Hall–Kier alpha value is -2.33. The minimum Gasteiger partial charge on any atom is -0.508 e. The van der Waals surface area contributed by atoms with E-state index in [2.05, 4.69) is 15.4 Å². The van der Waals surface area contributed by atoms with Gasteiger partial charge in [0, 0.05) is 24.7 Å². The van der Waals surface area contributed by atoms with E-state index in [-0.39, 0.29) is 51.3 Å². The van der Waals surface area contributed by atoms with Gasteiger partial charge < -0.3 is 15.7 Å². The average Bonchev–Trinajstić information content (AvgIpc) is 3.50. The van der Waals surface area contributed by atoms with Crippen molar-refractivity contribution in [2.24, 2.45) is 0 Å². The van der Waals surface area contributed by atoms with Crippen molar-refractivity contribution in [1.82, 2.24) is 15.4 Å². The van der Waals surface area contributed by atoms with Crippen molar-refractivity contribution >= 4 is 45.0 Å². The SMILES string of the molecule is O=C(NCCCNC(=O)c1cc(S(=O)(=O)NC2CC2)c(Cl)cc1Cl)c1cccc(O)c1. The van der Waals surface area contributed by atoms with Crippen LogP contribution in [0.5, 0.6) is 5.75 Å². The fourth-order valence-corrected chi connectivity index (χ4v) is 4.89. The van der Waals surface area contributed by atoms with E-state index in [1.165, 1.54) is 18.2 Å². The Balaban J connectivity index is 1.54. The Labute approximate surface area is 190 Å². The number of carbonyl (C=O) groups is 2. The van der Waals surface area contributed by atoms with Crippen molar-refractivity contribution in [3.05, 3.63) is 57.6 Å². The molecule has 0 atom stereocenters. The van der Waals surface area contributed by atoms with Crippen LogP contribution in [-0.2, 0) is 10.0 Å². The molecule has 31 heavy (non-hydrogen) atoms. The molecule has 0 spiro atoms. The molecule has 3 rings (SSSR count). The van der Waals surface area contributed by atoms with Gasteiger partial charge in [0.15, 0.2) is 0 Å². The first-order valence-electron chi connectivity index (χ1n) is 9.54. The lowest BCUT2D eigenvalue weighted by Crippen LogP contribution is -2.30. The van der Waals surface area contributed by atoms with E-state index < -0.39 is 15.9 Å². The zero-order valence-corrected chi connectivity index (χ0v) is 18.6. The van der Waals surface area contributed by atoms with Gasteiger partial charge in [-0.15, -0.1) is 0 Å². The van der Waals surface area contributed by atoms with E-state index in [0.717, 1.165) is 18.9 Å². The van der Waals surface area contributed by atoms with Crippen LogP contribution in [0.4, 0.5) is 0 Å². The Morgan fingerprint density at radius 1 is 1.00 bits per heavy atom. The van der Waals surface area contributed by atoms with Gasteiger partial charge in [-0.25, -0.2) is 13.1 Å². The summed E-state index contributed by atoms with van der Waals surface area (Å²) in [5, 5.41) is 14.7. The molecule has 0 unspecified atom stereocenters. The molecule has 0 saturated heterocycles. The predicted molar refractivity (Wildman–Crippen MR) is 117 cm³/mol. The number of phenolic OH excluding ortho intramolecular Hbond substituents is 1. The molecular weight excluding hydrogens is 465 g/mol. The predicted octanol–water partition coefficient (Wildman–Crippen LogP) is 2.69. The Kier molecular flexibility index (Phi) is 7.42. The molecule has 2 amide bonds. The van der Waals surface area contributed by atoms with Crippen LogP contribution in [0, 0.1) is 0 Å². The van der Waals surface area contributed by atoms with Crippen LogP contribution in [0.1, 0.15) is 40.0 Å². The van der Waals surface area contributed by atoms with E-state index in [9.17, 15) is 23.1 Å². The van der Waals surface area contributed by atoms with Crippen LogP contribution < -0.4 is 15.4 Å². The lowest BCUT2D eigenvalue weighted by Gasteiger charge is -2.12. The number of halogens is 2. The summed E-state index contributed by atoms with van der Waals surface area (Å²) >= 11 is 12.1. The molecular formula is C20H21Cl2N3O5S. The number of carbonyl (C=O) groups excluding carboxylic acids is 2. The highest BCUT2D eigenvalue weighted by molar-refractivity contribution is 7.89. The van der Waals surface area contributed by atoms with Gasteiger partial charge in [0.2, 0.25) is 10.0 Å². The topological polar surface area (TPSA) is 125 Å². The quantitative estimate of drug-likeness (QED) is 0.406. The second kappa shape index (κ2) is 9.86. The van der Waals surface area contributed by atoms with Crippen molar-refractivity contribution in [2.75, 3.05) is 13.1 Å². The van der Waals surface area contributed by atoms with Crippen LogP contribution in [0.2, 0.25) is 10.0 Å². The van der Waals surface area contributed by atoms with Crippen molar-refractivity contribution in [2.45, 2.75) is 30.2 Å². The van der Waals surface area contributed by atoms with Gasteiger partial charge >= 0.3 is 0 Å². The summed E-state index contributed by atoms with van der Waals surface area (Å²) in [7, 11) is -3.85. The van der Waals surface area contributed by atoms with Gasteiger partial charge in [0.1, 0.15) is 10.6 Å². The minimum absolute atomic E-state index is 0.00605. The lowest BCUT2D eigenvalue weighted by molar-refractivity contribution is 0.0951. The molecule has 1 aliphatic carbocycles. The van der Waals surface area contributed by atoms with Crippen LogP contribution in [-0.4, -0.2) is 44.5 Å². The van der Waals surface area contributed by atoms with Gasteiger partial charge in [-0.05, 0) is 49.6 Å². The molecule has 166 valence electrons. The Bertz CT molecular complexity index is 1100. The fourth-order valence-electron chi connectivity index (χ4n) is 2.73. The molecule has 0 aromatic heterocycles. The first kappa shape index (κ1) is 23.3. The summed E-state index contributed by atoms with van der Waals surface area (Å²) in [4.78, 5) is 24.3. The molecule has 0 radical (unpaired) electrons. The summed E-state index contributed by atoms with van der Waals surface area (Å²) in [5.41, 5.74) is 0.316. The summed E-state index contributed by atoms with van der Waals surface area (Å²) in [6, 6.07) is 8.24. The number of benzene rings is 2. The molecule has 8 nitrogen and oxygen atoms in total. The Morgan fingerprint density at radius 2 is 1.68 bits per heavy atom. The second-order valence-corrected chi connectivity index (χ2v) is 9.57. The van der Waals surface area contributed by atoms with E-state index in [1.54, 1.807) is 12.1 Å². The highest BCUT2D eigenvalue weighted by atomic mass is 35.5. The summed E-state index contributed by atoms with van der Waals surface area (Å²) in [6.07, 6.45) is 1.95. The van der Waals surface area contributed by atoms with Gasteiger partial charge in [-0.3, -0.25) is 9.59 Å². The van der Waals surface area contributed by atoms with Crippen molar-refractivity contribution in [1.29, 1.82) is 0 Å². The van der Waals surface area contributed by atoms with Crippen LogP contribution in [0.3, 0.4) is 0 Å². The van der Waals surface area contributed by atoms with Crippen molar-refractivity contribution < 1.29 is 23.1 Å². The molecule has 1 fully saturated rings. The molecule has 4 N–H and O–H groups in total. The monoisotopic (exact) mass is 485 g/mol. The highest BCUT2D eigenvalue weighted by Gasteiger charge is 2.30. The molecule has 1 aliphatic rings.